The van der Waals surface area contributed by atoms with Crippen molar-refractivity contribution in [3.05, 3.63) is 48.7 Å². The molecule has 182 valence electrons. The minimum Gasteiger partial charge on any atom is -0.326 e. The van der Waals surface area contributed by atoms with Gasteiger partial charge in [0.15, 0.2) is 0 Å². The summed E-state index contributed by atoms with van der Waals surface area (Å²) in [6.07, 6.45) is 2.66. The van der Waals surface area contributed by atoms with Gasteiger partial charge >= 0.3 is 0 Å². The van der Waals surface area contributed by atoms with Gasteiger partial charge in [-0.1, -0.05) is 6.07 Å². The molecule has 0 radical (unpaired) electrons. The van der Waals surface area contributed by atoms with Crippen LogP contribution in [-0.2, 0) is 24.8 Å². The average molecular weight is 523 g/mol. The highest BCUT2D eigenvalue weighted by Gasteiger charge is 2.26. The van der Waals surface area contributed by atoms with Gasteiger partial charge in [0.2, 0.25) is 26.0 Å². The first-order valence-electron chi connectivity index (χ1n) is 10.1. The number of amides is 1. The summed E-state index contributed by atoms with van der Waals surface area (Å²) in [6, 6.07) is 11.4. The highest BCUT2D eigenvalue weighted by molar-refractivity contribution is 7.92. The van der Waals surface area contributed by atoms with Crippen LogP contribution in [0, 0.1) is 0 Å². The summed E-state index contributed by atoms with van der Waals surface area (Å²) in [7, 11) is -7.30. The Bertz CT molecular complexity index is 1420. The average Bonchev–Trinajstić information content (AvgIpc) is 3.15. The molecule has 0 aliphatic rings. The number of hydrogen-bond donors (Lipinski definition) is 3. The summed E-state index contributed by atoms with van der Waals surface area (Å²) < 4.78 is 54.3. The van der Waals surface area contributed by atoms with Gasteiger partial charge in [-0.05, 0) is 57.2 Å². The number of aromatic nitrogens is 1. The molecule has 0 aliphatic carbocycles. The zero-order chi connectivity index (χ0) is 25.3. The molecule has 3 N–H and O–H groups in total. The van der Waals surface area contributed by atoms with E-state index in [0.29, 0.717) is 26.8 Å². The van der Waals surface area contributed by atoms with E-state index in [1.165, 1.54) is 24.3 Å². The minimum absolute atomic E-state index is 0.0246. The van der Waals surface area contributed by atoms with Crippen LogP contribution in [-0.4, -0.2) is 39.5 Å². The van der Waals surface area contributed by atoms with Gasteiger partial charge in [0.25, 0.3) is 0 Å². The number of nitrogens with zero attached hydrogens (tertiary/aromatic N) is 1. The van der Waals surface area contributed by atoms with Crippen LogP contribution < -0.4 is 14.8 Å². The fraction of sp³-hybridized carbons (Fsp3) is 0.273. The second-order valence-electron chi connectivity index (χ2n) is 8.73. The van der Waals surface area contributed by atoms with Crippen LogP contribution in [0.15, 0.2) is 53.6 Å². The van der Waals surface area contributed by atoms with Crippen LogP contribution in [0.25, 0.3) is 21.0 Å². The van der Waals surface area contributed by atoms with Crippen LogP contribution in [0.5, 0.6) is 0 Å². The molecular weight excluding hydrogens is 496 g/mol. The highest BCUT2D eigenvalue weighted by atomic mass is 32.2. The maximum atomic E-state index is 13.2. The van der Waals surface area contributed by atoms with Crippen molar-refractivity contribution in [2.45, 2.75) is 38.1 Å². The topological polar surface area (TPSA) is 134 Å². The standard InChI is InChI=1S/C22H26N4O5S3/c1-14(27)24-17-10-11-18(20(12-17)34(30,31)26-22(2,3)4)19-13-23-21(32-19)15-6-8-16(9-7-15)25-33(5,28)29/h6-13,25-26H,1-5H3,(H,24,27). The number of thiazole rings is 1. The molecule has 0 saturated carbocycles. The van der Waals surface area contributed by atoms with Crippen LogP contribution in [0.3, 0.4) is 0 Å². The van der Waals surface area contributed by atoms with Gasteiger partial charge < -0.3 is 5.32 Å². The van der Waals surface area contributed by atoms with Crippen molar-refractivity contribution < 1.29 is 21.6 Å². The van der Waals surface area contributed by atoms with E-state index in [9.17, 15) is 21.6 Å². The normalized spacial score (nSPS) is 12.4. The number of benzene rings is 2. The van der Waals surface area contributed by atoms with Gasteiger partial charge in [-0.3, -0.25) is 9.52 Å². The van der Waals surface area contributed by atoms with E-state index in [-0.39, 0.29) is 10.8 Å². The number of carbonyl (C=O) groups excluding carboxylic acids is 1. The molecule has 3 aromatic rings. The number of nitrogens with one attached hydrogen (secondary N) is 3. The summed E-state index contributed by atoms with van der Waals surface area (Å²) in [4.78, 5) is 16.6. The van der Waals surface area contributed by atoms with E-state index in [4.69, 9.17) is 0 Å². The molecule has 34 heavy (non-hydrogen) atoms. The molecule has 9 nitrogen and oxygen atoms in total. The van der Waals surface area contributed by atoms with Gasteiger partial charge in [0.05, 0.1) is 16.0 Å². The van der Waals surface area contributed by atoms with Crippen molar-refractivity contribution in [1.82, 2.24) is 9.71 Å². The summed E-state index contributed by atoms with van der Waals surface area (Å²) >= 11 is 1.30. The molecule has 3 rings (SSSR count). The van der Waals surface area contributed by atoms with E-state index in [1.54, 1.807) is 63.4 Å². The number of rotatable bonds is 7. The maximum Gasteiger partial charge on any atom is 0.241 e. The van der Waals surface area contributed by atoms with Crippen LogP contribution in [0.2, 0.25) is 0 Å². The zero-order valence-corrected chi connectivity index (χ0v) is 21.8. The summed E-state index contributed by atoms with van der Waals surface area (Å²) in [6.45, 7) is 6.58. The Labute approximate surface area is 203 Å². The molecule has 0 atom stereocenters. The van der Waals surface area contributed by atoms with Crippen molar-refractivity contribution in [2.75, 3.05) is 16.3 Å². The Balaban J connectivity index is 2.02. The van der Waals surface area contributed by atoms with Gasteiger partial charge in [0, 0.05) is 41.2 Å². The number of carbonyl (C=O) groups is 1. The quantitative estimate of drug-likeness (QED) is 0.431. The molecule has 0 unspecified atom stereocenters. The monoisotopic (exact) mass is 522 g/mol. The van der Waals surface area contributed by atoms with Gasteiger partial charge in [-0.25, -0.2) is 26.5 Å². The molecule has 1 aromatic heterocycles. The highest BCUT2D eigenvalue weighted by Crippen LogP contribution is 2.37. The van der Waals surface area contributed by atoms with Crippen molar-refractivity contribution >= 4 is 48.7 Å². The summed E-state index contributed by atoms with van der Waals surface area (Å²) in [5.41, 5.74) is 1.29. The van der Waals surface area contributed by atoms with Crippen LogP contribution >= 0.6 is 11.3 Å². The number of anilines is 2. The molecular formula is C22H26N4O5S3. The van der Waals surface area contributed by atoms with E-state index < -0.39 is 25.6 Å². The van der Waals surface area contributed by atoms with Crippen molar-refractivity contribution in [1.29, 1.82) is 0 Å². The van der Waals surface area contributed by atoms with Crippen LogP contribution in [0.1, 0.15) is 27.7 Å². The van der Waals surface area contributed by atoms with E-state index in [0.717, 1.165) is 11.8 Å². The molecule has 12 heteroatoms. The second kappa shape index (κ2) is 9.45. The third kappa shape index (κ3) is 6.86. The Morgan fingerprint density at radius 1 is 0.971 bits per heavy atom. The Morgan fingerprint density at radius 3 is 2.15 bits per heavy atom. The number of hydrogen-bond acceptors (Lipinski definition) is 7. The fourth-order valence-electron chi connectivity index (χ4n) is 3.11. The summed E-state index contributed by atoms with van der Waals surface area (Å²) in [5, 5.41) is 3.26. The largest absolute Gasteiger partial charge is 0.326 e. The molecule has 2 aromatic carbocycles. The molecule has 0 saturated heterocycles. The Hall–Kier alpha value is -2.80. The lowest BCUT2D eigenvalue weighted by atomic mass is 10.1. The van der Waals surface area contributed by atoms with E-state index >= 15 is 0 Å². The van der Waals surface area contributed by atoms with E-state index in [1.807, 2.05) is 0 Å². The number of sulfonamides is 2. The Morgan fingerprint density at radius 2 is 1.59 bits per heavy atom. The molecule has 1 heterocycles. The Kier molecular flexibility index (Phi) is 7.18. The second-order valence-corrected chi connectivity index (χ2v) is 13.2. The minimum atomic E-state index is -3.92. The lowest BCUT2D eigenvalue weighted by Gasteiger charge is -2.22. The predicted octanol–water partition coefficient (Wildman–Crippen LogP) is 3.88. The lowest BCUT2D eigenvalue weighted by Crippen LogP contribution is -2.40. The third-order valence-electron chi connectivity index (χ3n) is 4.24. The molecule has 1 amide bonds. The van der Waals surface area contributed by atoms with Crippen molar-refractivity contribution in [3.63, 3.8) is 0 Å². The third-order valence-corrected chi connectivity index (χ3v) is 7.72. The summed E-state index contributed by atoms with van der Waals surface area (Å²) in [5.74, 6) is -0.311. The van der Waals surface area contributed by atoms with Crippen molar-refractivity contribution in [2.24, 2.45) is 0 Å². The molecule has 0 spiro atoms. The molecule has 0 aliphatic heterocycles. The van der Waals surface area contributed by atoms with Crippen molar-refractivity contribution in [3.8, 4) is 21.0 Å². The van der Waals surface area contributed by atoms with Gasteiger partial charge in [-0.2, -0.15) is 0 Å². The van der Waals surface area contributed by atoms with Gasteiger partial charge in [0.1, 0.15) is 5.01 Å². The maximum absolute atomic E-state index is 13.2. The van der Waals surface area contributed by atoms with E-state index in [2.05, 4.69) is 19.7 Å². The molecule has 0 fully saturated rings. The first-order valence-corrected chi connectivity index (χ1v) is 14.3. The zero-order valence-electron chi connectivity index (χ0n) is 19.3. The SMILES string of the molecule is CC(=O)Nc1ccc(-c2cnc(-c3ccc(NS(C)(=O)=O)cc3)s2)c(S(=O)(=O)NC(C)(C)C)c1. The first kappa shape index (κ1) is 25.8. The van der Waals surface area contributed by atoms with Crippen LogP contribution in [0.4, 0.5) is 11.4 Å². The van der Waals surface area contributed by atoms with Gasteiger partial charge in [-0.15, -0.1) is 11.3 Å². The first-order chi connectivity index (χ1) is 15.6. The lowest BCUT2D eigenvalue weighted by molar-refractivity contribution is -0.114. The smallest absolute Gasteiger partial charge is 0.241 e. The molecule has 0 bridgehead atoms. The predicted molar refractivity (Wildman–Crippen MR) is 136 cm³/mol. The fourth-order valence-corrected chi connectivity index (χ4v) is 6.37.